The maximum atomic E-state index is 13.5. The van der Waals surface area contributed by atoms with E-state index in [4.69, 9.17) is 22.1 Å². The lowest BCUT2D eigenvalue weighted by Crippen LogP contribution is -2.47. The van der Waals surface area contributed by atoms with E-state index in [1.807, 2.05) is 25.1 Å². The molecule has 2 aromatic carbocycles. The van der Waals surface area contributed by atoms with Gasteiger partial charge in [0, 0.05) is 5.02 Å². The second kappa shape index (κ2) is 11.9. The van der Waals surface area contributed by atoms with Crippen LogP contribution in [-0.4, -0.2) is 35.6 Å². The minimum absolute atomic E-state index is 0. The Bertz CT molecular complexity index is 843. The lowest BCUT2D eigenvalue weighted by Gasteiger charge is -2.24. The number of benzene rings is 2. The molecule has 0 saturated heterocycles. The molecule has 31 heavy (non-hydrogen) atoms. The van der Waals surface area contributed by atoms with Gasteiger partial charge in [-0.1, -0.05) is 29.8 Å². The SMILES string of the molecule is Cc1ccc(CCCOc2ccc(CCC(N)(CO)CO)cc2C(F)(F)F)cc1Cl.Cl. The van der Waals surface area contributed by atoms with E-state index < -0.39 is 30.5 Å². The van der Waals surface area contributed by atoms with Gasteiger partial charge in [-0.25, -0.2) is 0 Å². The van der Waals surface area contributed by atoms with Gasteiger partial charge in [0.05, 0.1) is 30.9 Å². The Balaban J connectivity index is 0.00000480. The maximum absolute atomic E-state index is 13.5. The summed E-state index contributed by atoms with van der Waals surface area (Å²) in [6.07, 6.45) is -3.04. The highest BCUT2D eigenvalue weighted by Crippen LogP contribution is 2.37. The van der Waals surface area contributed by atoms with Crippen molar-refractivity contribution < 1.29 is 28.1 Å². The summed E-state index contributed by atoms with van der Waals surface area (Å²) in [6, 6.07) is 9.57. The number of ether oxygens (including phenoxy) is 1. The number of halogens is 5. The molecule has 0 fully saturated rings. The summed E-state index contributed by atoms with van der Waals surface area (Å²) in [4.78, 5) is 0. The van der Waals surface area contributed by atoms with Crippen molar-refractivity contribution in [2.24, 2.45) is 5.73 Å². The first-order valence-corrected chi connectivity index (χ1v) is 10.0. The molecule has 0 atom stereocenters. The van der Waals surface area contributed by atoms with Crippen LogP contribution >= 0.6 is 24.0 Å². The van der Waals surface area contributed by atoms with Crippen molar-refractivity contribution in [3.05, 3.63) is 63.7 Å². The van der Waals surface area contributed by atoms with E-state index in [-0.39, 0.29) is 37.6 Å². The molecule has 0 aliphatic rings. The van der Waals surface area contributed by atoms with Crippen LogP contribution in [0.5, 0.6) is 5.75 Å². The van der Waals surface area contributed by atoms with Crippen molar-refractivity contribution in [3.8, 4) is 5.75 Å². The summed E-state index contributed by atoms with van der Waals surface area (Å²) in [7, 11) is 0. The van der Waals surface area contributed by atoms with Gasteiger partial charge in [-0.05, 0) is 67.5 Å². The molecule has 0 unspecified atom stereocenters. The van der Waals surface area contributed by atoms with Gasteiger partial charge in [0.1, 0.15) is 5.75 Å². The molecule has 0 aliphatic heterocycles. The summed E-state index contributed by atoms with van der Waals surface area (Å²) in [6.45, 7) is 1.12. The van der Waals surface area contributed by atoms with E-state index in [0.717, 1.165) is 17.2 Å². The first kappa shape index (κ1) is 27.5. The lowest BCUT2D eigenvalue weighted by molar-refractivity contribution is -0.139. The predicted octanol–water partition coefficient (Wildman–Crippen LogP) is 4.72. The van der Waals surface area contributed by atoms with Gasteiger partial charge in [0.2, 0.25) is 0 Å². The van der Waals surface area contributed by atoms with Crippen LogP contribution in [0.15, 0.2) is 36.4 Å². The van der Waals surface area contributed by atoms with E-state index in [0.29, 0.717) is 23.4 Å². The third-order valence-electron chi connectivity index (χ3n) is 4.99. The van der Waals surface area contributed by atoms with E-state index >= 15 is 0 Å². The monoisotopic (exact) mass is 481 g/mol. The Morgan fingerprint density at radius 3 is 2.19 bits per heavy atom. The van der Waals surface area contributed by atoms with Gasteiger partial charge in [-0.3, -0.25) is 0 Å². The predicted molar refractivity (Wildman–Crippen MR) is 118 cm³/mol. The largest absolute Gasteiger partial charge is 0.493 e. The first-order valence-electron chi connectivity index (χ1n) is 9.66. The fraction of sp³-hybridized carbons (Fsp3) is 0.455. The Hall–Kier alpha value is -1.51. The second-order valence-electron chi connectivity index (χ2n) is 7.54. The second-order valence-corrected chi connectivity index (χ2v) is 7.95. The van der Waals surface area contributed by atoms with Crippen LogP contribution in [0.4, 0.5) is 13.2 Å². The van der Waals surface area contributed by atoms with E-state index in [2.05, 4.69) is 0 Å². The molecular weight excluding hydrogens is 454 g/mol. The highest BCUT2D eigenvalue weighted by molar-refractivity contribution is 6.31. The average Bonchev–Trinajstić information content (AvgIpc) is 2.71. The topological polar surface area (TPSA) is 75.7 Å². The number of rotatable bonds is 10. The number of aliphatic hydroxyl groups is 2. The fourth-order valence-corrected chi connectivity index (χ4v) is 3.13. The highest BCUT2D eigenvalue weighted by Gasteiger charge is 2.35. The Kier molecular flexibility index (Phi) is 10.6. The van der Waals surface area contributed by atoms with Crippen LogP contribution in [0, 0.1) is 6.92 Å². The molecule has 0 aromatic heterocycles. The van der Waals surface area contributed by atoms with E-state index in [1.165, 1.54) is 6.07 Å². The molecule has 174 valence electrons. The molecule has 2 rings (SSSR count). The summed E-state index contributed by atoms with van der Waals surface area (Å²) in [5.41, 5.74) is 6.08. The molecule has 0 amide bonds. The summed E-state index contributed by atoms with van der Waals surface area (Å²) in [5, 5.41) is 19.1. The van der Waals surface area contributed by atoms with Crippen molar-refractivity contribution in [1.82, 2.24) is 0 Å². The van der Waals surface area contributed by atoms with Crippen LogP contribution in [-0.2, 0) is 19.0 Å². The quantitative estimate of drug-likeness (QED) is 0.429. The number of nitrogens with two attached hydrogens (primary N) is 1. The van der Waals surface area contributed by atoms with E-state index in [9.17, 15) is 23.4 Å². The van der Waals surface area contributed by atoms with Gasteiger partial charge in [0.25, 0.3) is 0 Å². The molecule has 0 heterocycles. The van der Waals surface area contributed by atoms with Gasteiger partial charge in [-0.15, -0.1) is 12.4 Å². The molecule has 0 spiro atoms. The molecular formula is C22H28Cl2F3NO3. The van der Waals surface area contributed by atoms with Crippen molar-refractivity contribution in [2.75, 3.05) is 19.8 Å². The minimum atomic E-state index is -4.57. The summed E-state index contributed by atoms with van der Waals surface area (Å²) >= 11 is 6.09. The molecule has 0 radical (unpaired) electrons. The summed E-state index contributed by atoms with van der Waals surface area (Å²) < 4.78 is 45.9. The normalized spacial score (nSPS) is 11.9. The minimum Gasteiger partial charge on any atom is -0.493 e. The van der Waals surface area contributed by atoms with Crippen LogP contribution < -0.4 is 10.5 Å². The molecule has 0 bridgehead atoms. The van der Waals surface area contributed by atoms with Crippen molar-refractivity contribution in [2.45, 2.75) is 44.3 Å². The third kappa shape index (κ3) is 8.16. The zero-order valence-electron chi connectivity index (χ0n) is 17.2. The van der Waals surface area contributed by atoms with Crippen LogP contribution in [0.1, 0.15) is 35.1 Å². The van der Waals surface area contributed by atoms with Crippen molar-refractivity contribution >= 4 is 24.0 Å². The van der Waals surface area contributed by atoms with Crippen LogP contribution in [0.3, 0.4) is 0 Å². The Morgan fingerprint density at radius 1 is 1.00 bits per heavy atom. The number of hydrogen-bond donors (Lipinski definition) is 3. The molecule has 4 N–H and O–H groups in total. The summed E-state index contributed by atoms with van der Waals surface area (Å²) in [5.74, 6) is -0.225. The number of aryl methyl sites for hydroxylation is 3. The van der Waals surface area contributed by atoms with E-state index in [1.54, 1.807) is 6.07 Å². The number of alkyl halides is 3. The standard InChI is InChI=1S/C22H27ClF3NO3.ClH/c1-15-4-5-16(12-19(15)23)3-2-10-30-20-7-6-17(11-18(20)22(24,25)26)8-9-21(27,13-28)14-29;/h4-7,11-12,28-29H,2-3,8-10,13-14,27H2,1H3;1H. The maximum Gasteiger partial charge on any atom is 0.419 e. The molecule has 9 heteroatoms. The third-order valence-corrected chi connectivity index (χ3v) is 5.40. The van der Waals surface area contributed by atoms with Gasteiger partial charge >= 0.3 is 6.18 Å². The number of hydrogen-bond acceptors (Lipinski definition) is 4. The molecule has 0 saturated carbocycles. The Morgan fingerprint density at radius 2 is 1.61 bits per heavy atom. The van der Waals surface area contributed by atoms with Gasteiger partial charge in [0.15, 0.2) is 0 Å². The zero-order chi connectivity index (χ0) is 22.4. The Labute approximate surface area is 191 Å². The zero-order valence-corrected chi connectivity index (χ0v) is 18.8. The van der Waals surface area contributed by atoms with Gasteiger partial charge in [-0.2, -0.15) is 13.2 Å². The smallest absolute Gasteiger partial charge is 0.419 e. The number of aliphatic hydroxyl groups excluding tert-OH is 2. The first-order chi connectivity index (χ1) is 14.1. The van der Waals surface area contributed by atoms with Gasteiger partial charge < -0.3 is 20.7 Å². The molecule has 2 aromatic rings. The van der Waals surface area contributed by atoms with Crippen LogP contribution in [0.2, 0.25) is 5.02 Å². The highest BCUT2D eigenvalue weighted by atomic mass is 35.5. The molecule has 4 nitrogen and oxygen atoms in total. The van der Waals surface area contributed by atoms with Crippen molar-refractivity contribution in [3.63, 3.8) is 0 Å². The van der Waals surface area contributed by atoms with Crippen molar-refractivity contribution in [1.29, 1.82) is 0 Å². The average molecular weight is 482 g/mol. The van der Waals surface area contributed by atoms with Crippen LogP contribution in [0.25, 0.3) is 0 Å². The lowest BCUT2D eigenvalue weighted by atomic mass is 9.93. The molecule has 0 aliphatic carbocycles. The fourth-order valence-electron chi connectivity index (χ4n) is 2.93.